The minimum atomic E-state index is -1.34. The second kappa shape index (κ2) is 6.33. The van der Waals surface area contributed by atoms with Gasteiger partial charge in [0.15, 0.2) is 0 Å². The lowest BCUT2D eigenvalue weighted by Crippen LogP contribution is -2.61. The first-order chi connectivity index (χ1) is 8.10. The maximum absolute atomic E-state index is 12.2. The van der Waals surface area contributed by atoms with E-state index in [2.05, 4.69) is 5.32 Å². The van der Waals surface area contributed by atoms with Crippen LogP contribution in [0.2, 0.25) is 0 Å². The Morgan fingerprint density at radius 3 is 2.59 bits per heavy atom. The fourth-order valence-electron chi connectivity index (χ4n) is 1.87. The van der Waals surface area contributed by atoms with Gasteiger partial charge in [0.05, 0.1) is 6.04 Å². The fraction of sp³-hybridized carbons (Fsp3) is 0.917. The van der Waals surface area contributed by atoms with Crippen molar-refractivity contribution in [3.63, 3.8) is 0 Å². The summed E-state index contributed by atoms with van der Waals surface area (Å²) < 4.78 is 10.8. The molecule has 0 aromatic carbocycles. The number of carbonyl (C=O) groups excluding carboxylic acids is 1. The zero-order valence-electron chi connectivity index (χ0n) is 11.0. The normalized spacial score (nSPS) is 20.7. The SMILES string of the molecule is CCC[C@H](N)C(OC)(OCC)C(=O)NC1CC1. The summed E-state index contributed by atoms with van der Waals surface area (Å²) in [6.07, 6.45) is 3.63. The van der Waals surface area contributed by atoms with E-state index in [1.807, 2.05) is 13.8 Å². The Labute approximate surface area is 103 Å². The van der Waals surface area contributed by atoms with Crippen molar-refractivity contribution in [2.75, 3.05) is 13.7 Å². The minimum Gasteiger partial charge on any atom is -0.349 e. The van der Waals surface area contributed by atoms with Crippen LogP contribution >= 0.6 is 0 Å². The molecule has 0 bridgehead atoms. The van der Waals surface area contributed by atoms with Crippen LogP contribution in [-0.2, 0) is 14.3 Å². The maximum atomic E-state index is 12.2. The number of methoxy groups -OCH3 is 1. The monoisotopic (exact) mass is 244 g/mol. The van der Waals surface area contributed by atoms with E-state index < -0.39 is 11.8 Å². The van der Waals surface area contributed by atoms with Crippen LogP contribution in [0.1, 0.15) is 39.5 Å². The van der Waals surface area contributed by atoms with Crippen LogP contribution in [0.5, 0.6) is 0 Å². The van der Waals surface area contributed by atoms with E-state index in [0.717, 1.165) is 19.3 Å². The zero-order valence-corrected chi connectivity index (χ0v) is 11.0. The summed E-state index contributed by atoms with van der Waals surface area (Å²) in [4.78, 5) is 12.2. The highest BCUT2D eigenvalue weighted by Gasteiger charge is 2.46. The molecule has 5 heteroatoms. The Hall–Kier alpha value is -0.650. The van der Waals surface area contributed by atoms with E-state index in [4.69, 9.17) is 15.2 Å². The second-order valence-electron chi connectivity index (χ2n) is 4.45. The fourth-order valence-corrected chi connectivity index (χ4v) is 1.87. The summed E-state index contributed by atoms with van der Waals surface area (Å²) in [5, 5.41) is 2.90. The van der Waals surface area contributed by atoms with Gasteiger partial charge >= 0.3 is 0 Å². The highest BCUT2D eigenvalue weighted by atomic mass is 16.7. The predicted octanol–water partition coefficient (Wildman–Crippen LogP) is 0.772. The molecule has 2 atom stereocenters. The maximum Gasteiger partial charge on any atom is 0.282 e. The van der Waals surface area contributed by atoms with Crippen molar-refractivity contribution in [2.24, 2.45) is 5.73 Å². The van der Waals surface area contributed by atoms with E-state index in [1.54, 1.807) is 0 Å². The van der Waals surface area contributed by atoms with Gasteiger partial charge in [0.2, 0.25) is 0 Å². The Morgan fingerprint density at radius 2 is 2.18 bits per heavy atom. The first-order valence-corrected chi connectivity index (χ1v) is 6.36. The molecule has 1 aliphatic rings. The molecule has 1 aliphatic carbocycles. The summed E-state index contributed by atoms with van der Waals surface area (Å²) in [7, 11) is 1.47. The van der Waals surface area contributed by atoms with Crippen LogP contribution in [0, 0.1) is 0 Å². The standard InChI is InChI=1S/C12H24N2O3/c1-4-6-10(13)12(16-3,17-5-2)11(15)14-9-7-8-9/h9-10H,4-8,13H2,1-3H3,(H,14,15)/t10-,12?/m0/s1. The van der Waals surface area contributed by atoms with Gasteiger partial charge in [0.25, 0.3) is 11.7 Å². The zero-order chi connectivity index (χ0) is 12.9. The van der Waals surface area contributed by atoms with Crippen molar-refractivity contribution < 1.29 is 14.3 Å². The van der Waals surface area contributed by atoms with Crippen molar-refractivity contribution >= 4 is 5.91 Å². The molecular formula is C12H24N2O3. The van der Waals surface area contributed by atoms with E-state index in [0.29, 0.717) is 13.0 Å². The Morgan fingerprint density at radius 1 is 1.53 bits per heavy atom. The lowest BCUT2D eigenvalue weighted by molar-refractivity contribution is -0.228. The van der Waals surface area contributed by atoms with Crippen LogP contribution in [0.15, 0.2) is 0 Å². The van der Waals surface area contributed by atoms with E-state index in [1.165, 1.54) is 7.11 Å². The van der Waals surface area contributed by atoms with E-state index in [9.17, 15) is 4.79 Å². The van der Waals surface area contributed by atoms with E-state index in [-0.39, 0.29) is 11.9 Å². The molecule has 1 amide bonds. The van der Waals surface area contributed by atoms with Crippen LogP contribution in [-0.4, -0.2) is 37.5 Å². The number of hydrogen-bond donors (Lipinski definition) is 2. The highest BCUT2D eigenvalue weighted by Crippen LogP contribution is 2.24. The number of rotatable bonds is 8. The smallest absolute Gasteiger partial charge is 0.282 e. The molecular weight excluding hydrogens is 220 g/mol. The molecule has 17 heavy (non-hydrogen) atoms. The third kappa shape index (κ3) is 3.40. The summed E-state index contributed by atoms with van der Waals surface area (Å²) >= 11 is 0. The molecule has 0 aliphatic heterocycles. The van der Waals surface area contributed by atoms with Crippen molar-refractivity contribution in [1.82, 2.24) is 5.32 Å². The number of ether oxygens (including phenoxy) is 2. The molecule has 100 valence electrons. The van der Waals surface area contributed by atoms with Gasteiger partial charge in [-0.05, 0) is 26.2 Å². The topological polar surface area (TPSA) is 73.6 Å². The largest absolute Gasteiger partial charge is 0.349 e. The number of carbonyl (C=O) groups is 1. The molecule has 1 rings (SSSR count). The van der Waals surface area contributed by atoms with Crippen LogP contribution in [0.3, 0.4) is 0 Å². The third-order valence-corrected chi connectivity index (χ3v) is 2.98. The molecule has 1 fully saturated rings. The van der Waals surface area contributed by atoms with Gasteiger partial charge in [0, 0.05) is 19.8 Å². The molecule has 0 heterocycles. The second-order valence-corrected chi connectivity index (χ2v) is 4.45. The Kier molecular flexibility index (Phi) is 5.36. The lowest BCUT2D eigenvalue weighted by atomic mass is 10.0. The molecule has 3 N–H and O–H groups in total. The molecule has 0 aromatic rings. The number of amides is 1. The van der Waals surface area contributed by atoms with Crippen LogP contribution in [0.4, 0.5) is 0 Å². The van der Waals surface area contributed by atoms with E-state index >= 15 is 0 Å². The first kappa shape index (κ1) is 14.4. The van der Waals surface area contributed by atoms with Gasteiger partial charge in [0.1, 0.15) is 0 Å². The molecule has 1 unspecified atom stereocenters. The van der Waals surface area contributed by atoms with Gasteiger partial charge < -0.3 is 20.5 Å². The van der Waals surface area contributed by atoms with Gasteiger partial charge in [-0.25, -0.2) is 0 Å². The van der Waals surface area contributed by atoms with Crippen molar-refractivity contribution in [2.45, 2.75) is 57.4 Å². The van der Waals surface area contributed by atoms with Crippen LogP contribution < -0.4 is 11.1 Å². The molecule has 5 nitrogen and oxygen atoms in total. The van der Waals surface area contributed by atoms with Gasteiger partial charge in [-0.2, -0.15) is 0 Å². The number of nitrogens with one attached hydrogen (secondary N) is 1. The molecule has 0 radical (unpaired) electrons. The van der Waals surface area contributed by atoms with Crippen molar-refractivity contribution in [1.29, 1.82) is 0 Å². The van der Waals surface area contributed by atoms with Gasteiger partial charge in [-0.15, -0.1) is 0 Å². The van der Waals surface area contributed by atoms with Crippen molar-refractivity contribution in [3.8, 4) is 0 Å². The lowest BCUT2D eigenvalue weighted by Gasteiger charge is -2.35. The number of nitrogens with two attached hydrogens (primary N) is 1. The summed E-state index contributed by atoms with van der Waals surface area (Å²) in [6.45, 7) is 4.24. The first-order valence-electron chi connectivity index (χ1n) is 6.36. The summed E-state index contributed by atoms with van der Waals surface area (Å²) in [5.74, 6) is -1.59. The minimum absolute atomic E-state index is 0.245. The predicted molar refractivity (Wildman–Crippen MR) is 65.4 cm³/mol. The average Bonchev–Trinajstić information content (AvgIpc) is 3.09. The average molecular weight is 244 g/mol. The van der Waals surface area contributed by atoms with Crippen LogP contribution in [0.25, 0.3) is 0 Å². The quantitative estimate of drug-likeness (QED) is 0.619. The Balaban J connectivity index is 2.76. The molecule has 0 saturated heterocycles. The summed E-state index contributed by atoms with van der Waals surface area (Å²) in [6, 6.07) is -0.178. The Bertz CT molecular complexity index is 256. The number of hydrogen-bond acceptors (Lipinski definition) is 4. The van der Waals surface area contributed by atoms with Gasteiger partial charge in [-0.1, -0.05) is 13.3 Å². The highest BCUT2D eigenvalue weighted by molar-refractivity contribution is 5.85. The van der Waals surface area contributed by atoms with Gasteiger partial charge in [-0.3, -0.25) is 4.79 Å². The van der Waals surface area contributed by atoms with Crippen molar-refractivity contribution in [3.05, 3.63) is 0 Å². The molecule has 0 spiro atoms. The summed E-state index contributed by atoms with van der Waals surface area (Å²) in [5.41, 5.74) is 6.05. The molecule has 1 saturated carbocycles. The third-order valence-electron chi connectivity index (χ3n) is 2.98. The molecule has 0 aromatic heterocycles.